The Bertz CT molecular complexity index is 917. The fourth-order valence-electron chi connectivity index (χ4n) is 3.70. The Kier molecular flexibility index (Phi) is 4.54. The second-order valence-electron chi connectivity index (χ2n) is 7.03. The molecule has 8 heteroatoms. The van der Waals surface area contributed by atoms with Crippen molar-refractivity contribution in [2.45, 2.75) is 19.9 Å². The summed E-state index contributed by atoms with van der Waals surface area (Å²) < 4.78 is 0. The third kappa shape index (κ3) is 3.00. The molecule has 1 aromatic carbocycles. The van der Waals surface area contributed by atoms with Crippen LogP contribution in [-0.4, -0.2) is 69.7 Å². The molecule has 0 bridgehead atoms. The predicted octanol–water partition coefficient (Wildman–Crippen LogP) is 1.12. The predicted molar refractivity (Wildman–Crippen MR) is 102 cm³/mol. The topological polar surface area (TPSA) is 86.7 Å². The largest absolute Gasteiger partial charge is 0.353 e. The summed E-state index contributed by atoms with van der Waals surface area (Å²) in [5.41, 5.74) is 1.61. The quantitative estimate of drug-likeness (QED) is 0.743. The zero-order valence-electron chi connectivity index (χ0n) is 15.8. The molecule has 0 N–H and O–H groups in total. The Balaban J connectivity index is 1.43. The molecule has 1 aromatic heterocycles. The zero-order valence-corrected chi connectivity index (χ0v) is 15.8. The molecular formula is C20H21N5O3. The first kappa shape index (κ1) is 18.1. The van der Waals surface area contributed by atoms with E-state index in [1.54, 1.807) is 36.1 Å². The van der Waals surface area contributed by atoms with Gasteiger partial charge in [0.1, 0.15) is 18.2 Å². The van der Waals surface area contributed by atoms with Crippen LogP contribution < -0.4 is 4.90 Å². The lowest BCUT2D eigenvalue weighted by Crippen LogP contribution is -2.55. The molecule has 1 saturated heterocycles. The van der Waals surface area contributed by atoms with Crippen molar-refractivity contribution in [3.63, 3.8) is 0 Å². The van der Waals surface area contributed by atoms with Gasteiger partial charge in [0.05, 0.1) is 11.1 Å². The number of nitrogens with zero attached hydrogens (tertiary/aromatic N) is 5. The molecule has 0 spiro atoms. The van der Waals surface area contributed by atoms with E-state index in [-0.39, 0.29) is 5.91 Å². The van der Waals surface area contributed by atoms with Crippen molar-refractivity contribution in [2.75, 3.05) is 31.1 Å². The van der Waals surface area contributed by atoms with Crippen LogP contribution in [0.4, 0.5) is 5.82 Å². The van der Waals surface area contributed by atoms with Gasteiger partial charge < -0.3 is 9.80 Å². The first-order chi connectivity index (χ1) is 13.5. The number of rotatable bonds is 3. The molecule has 3 heterocycles. The van der Waals surface area contributed by atoms with Gasteiger partial charge in [-0.25, -0.2) is 9.97 Å². The van der Waals surface area contributed by atoms with Gasteiger partial charge in [0.15, 0.2) is 0 Å². The highest BCUT2D eigenvalue weighted by molar-refractivity contribution is 6.22. The van der Waals surface area contributed by atoms with Crippen LogP contribution in [0.5, 0.6) is 0 Å². The Morgan fingerprint density at radius 3 is 2.18 bits per heavy atom. The number of imide groups is 1. The van der Waals surface area contributed by atoms with E-state index in [0.29, 0.717) is 37.3 Å². The highest BCUT2D eigenvalue weighted by Crippen LogP contribution is 2.25. The minimum Gasteiger partial charge on any atom is -0.353 e. The number of carbonyl (C=O) groups is 3. The summed E-state index contributed by atoms with van der Waals surface area (Å²) >= 11 is 0. The van der Waals surface area contributed by atoms with Crippen molar-refractivity contribution in [2.24, 2.45) is 0 Å². The fraction of sp³-hybridized carbons (Fsp3) is 0.350. The Hall–Kier alpha value is -3.29. The Morgan fingerprint density at radius 1 is 1.00 bits per heavy atom. The molecule has 4 rings (SSSR count). The van der Waals surface area contributed by atoms with Crippen molar-refractivity contribution in [3.8, 4) is 0 Å². The molecule has 1 unspecified atom stereocenters. The number of anilines is 1. The van der Waals surface area contributed by atoms with Crippen LogP contribution in [0.25, 0.3) is 0 Å². The van der Waals surface area contributed by atoms with Crippen LogP contribution in [-0.2, 0) is 4.79 Å². The van der Waals surface area contributed by atoms with Crippen LogP contribution in [0.15, 0.2) is 36.7 Å². The van der Waals surface area contributed by atoms with Gasteiger partial charge in [0.25, 0.3) is 11.8 Å². The molecule has 1 fully saturated rings. The number of hydrogen-bond donors (Lipinski definition) is 0. The zero-order chi connectivity index (χ0) is 19.8. The van der Waals surface area contributed by atoms with E-state index in [2.05, 4.69) is 14.9 Å². The van der Waals surface area contributed by atoms with E-state index in [1.807, 2.05) is 13.0 Å². The molecule has 2 aliphatic rings. The van der Waals surface area contributed by atoms with E-state index in [1.165, 1.54) is 6.33 Å². The molecule has 0 radical (unpaired) electrons. The number of piperazine rings is 1. The highest BCUT2D eigenvalue weighted by Gasteiger charge is 2.42. The maximum Gasteiger partial charge on any atom is 0.262 e. The number of fused-ring (bicyclic) bond motifs is 1. The summed E-state index contributed by atoms with van der Waals surface area (Å²) in [6.07, 6.45) is 1.53. The summed E-state index contributed by atoms with van der Waals surface area (Å²) in [5, 5.41) is 0. The van der Waals surface area contributed by atoms with Crippen molar-refractivity contribution in [3.05, 3.63) is 53.5 Å². The van der Waals surface area contributed by atoms with E-state index in [9.17, 15) is 14.4 Å². The average Bonchev–Trinajstić information content (AvgIpc) is 2.98. The third-order valence-corrected chi connectivity index (χ3v) is 5.27. The molecule has 2 aliphatic heterocycles. The number of amides is 3. The summed E-state index contributed by atoms with van der Waals surface area (Å²) in [6, 6.07) is 7.76. The number of hydrogen-bond acceptors (Lipinski definition) is 6. The lowest BCUT2D eigenvalue weighted by atomic mass is 10.1. The highest BCUT2D eigenvalue weighted by atomic mass is 16.2. The number of carbonyl (C=O) groups excluding carboxylic acids is 3. The van der Waals surface area contributed by atoms with E-state index in [0.717, 1.165) is 16.4 Å². The maximum atomic E-state index is 13.0. The van der Waals surface area contributed by atoms with Crippen molar-refractivity contribution in [1.29, 1.82) is 0 Å². The third-order valence-electron chi connectivity index (χ3n) is 5.27. The summed E-state index contributed by atoms with van der Waals surface area (Å²) in [7, 11) is 0. The van der Waals surface area contributed by atoms with Gasteiger partial charge in [-0.2, -0.15) is 0 Å². The van der Waals surface area contributed by atoms with Crippen LogP contribution in [0.1, 0.15) is 33.3 Å². The molecule has 28 heavy (non-hydrogen) atoms. The number of aromatic nitrogens is 2. The number of benzene rings is 1. The summed E-state index contributed by atoms with van der Waals surface area (Å²) in [4.78, 5) is 51.5. The normalized spacial score (nSPS) is 17.7. The van der Waals surface area contributed by atoms with Crippen LogP contribution in [0.3, 0.4) is 0 Å². The van der Waals surface area contributed by atoms with Gasteiger partial charge in [0.2, 0.25) is 5.91 Å². The fourth-order valence-corrected chi connectivity index (χ4v) is 3.70. The molecule has 144 valence electrons. The first-order valence-electron chi connectivity index (χ1n) is 9.26. The van der Waals surface area contributed by atoms with E-state index >= 15 is 0 Å². The monoisotopic (exact) mass is 379 g/mol. The van der Waals surface area contributed by atoms with Crippen LogP contribution >= 0.6 is 0 Å². The number of aryl methyl sites for hydroxylation is 1. The smallest absolute Gasteiger partial charge is 0.262 e. The molecule has 0 saturated carbocycles. The van der Waals surface area contributed by atoms with Gasteiger partial charge in [-0.15, -0.1) is 0 Å². The van der Waals surface area contributed by atoms with Gasteiger partial charge in [-0.3, -0.25) is 19.3 Å². The minimum atomic E-state index is -0.833. The maximum absolute atomic E-state index is 13.0. The molecule has 0 aliphatic carbocycles. The second kappa shape index (κ2) is 7.03. The van der Waals surface area contributed by atoms with Crippen molar-refractivity contribution in [1.82, 2.24) is 19.8 Å². The standard InChI is InChI=1S/C20H21N5O3/c1-13-11-17(22-12-21-13)23-7-9-24(10-8-23)18(26)14(2)25-19(27)15-5-3-4-6-16(15)20(25)28/h3-6,11-12,14H,7-10H2,1-2H3. The molecule has 3 amide bonds. The first-order valence-corrected chi connectivity index (χ1v) is 9.26. The Labute approximate surface area is 162 Å². The summed E-state index contributed by atoms with van der Waals surface area (Å²) in [5.74, 6) is -0.186. The molecule has 2 aromatic rings. The van der Waals surface area contributed by atoms with E-state index in [4.69, 9.17) is 0 Å². The lowest BCUT2D eigenvalue weighted by Gasteiger charge is -2.37. The van der Waals surface area contributed by atoms with Crippen molar-refractivity contribution < 1.29 is 14.4 Å². The molecule has 1 atom stereocenters. The van der Waals surface area contributed by atoms with Crippen LogP contribution in [0, 0.1) is 6.92 Å². The molecule has 8 nitrogen and oxygen atoms in total. The molecular weight excluding hydrogens is 358 g/mol. The van der Waals surface area contributed by atoms with Crippen molar-refractivity contribution >= 4 is 23.5 Å². The SMILES string of the molecule is Cc1cc(N2CCN(C(=O)C(C)N3C(=O)c4ccccc4C3=O)CC2)ncn1. The van der Waals surface area contributed by atoms with Gasteiger partial charge in [-0.1, -0.05) is 12.1 Å². The van der Waals surface area contributed by atoms with Gasteiger partial charge in [0, 0.05) is 37.9 Å². The van der Waals surface area contributed by atoms with Gasteiger partial charge in [-0.05, 0) is 26.0 Å². The second-order valence-corrected chi connectivity index (χ2v) is 7.03. The van der Waals surface area contributed by atoms with Crippen LogP contribution in [0.2, 0.25) is 0 Å². The van der Waals surface area contributed by atoms with E-state index < -0.39 is 17.9 Å². The Morgan fingerprint density at radius 2 is 1.61 bits per heavy atom. The lowest BCUT2D eigenvalue weighted by molar-refractivity contribution is -0.135. The minimum absolute atomic E-state index is 0.215. The average molecular weight is 379 g/mol. The summed E-state index contributed by atoms with van der Waals surface area (Å²) in [6.45, 7) is 5.82. The van der Waals surface area contributed by atoms with Gasteiger partial charge >= 0.3 is 0 Å².